The number of hydrogen-bond donors (Lipinski definition) is 1. The summed E-state index contributed by atoms with van der Waals surface area (Å²) in [5, 5.41) is 10.4. The molecule has 76 valence electrons. The Labute approximate surface area is 79.7 Å². The molecule has 2 rings (SSSR count). The Bertz CT molecular complexity index is 180. The van der Waals surface area contributed by atoms with Crippen LogP contribution in [0.2, 0.25) is 0 Å². The van der Waals surface area contributed by atoms with Gasteiger partial charge in [-0.1, -0.05) is 0 Å². The van der Waals surface area contributed by atoms with Crippen LogP contribution in [0, 0.1) is 5.92 Å². The monoisotopic (exact) mass is 185 g/mol. The summed E-state index contributed by atoms with van der Waals surface area (Å²) in [7, 11) is 2.08. The van der Waals surface area contributed by atoms with E-state index in [0.29, 0.717) is 5.92 Å². The van der Waals surface area contributed by atoms with Crippen LogP contribution in [0.5, 0.6) is 0 Å². The Balaban J connectivity index is 1.97. The molecule has 2 aliphatic heterocycles. The van der Waals surface area contributed by atoms with E-state index in [1.807, 2.05) is 0 Å². The Hall–Kier alpha value is -0.120. The van der Waals surface area contributed by atoms with Crippen LogP contribution in [0.25, 0.3) is 0 Å². The van der Waals surface area contributed by atoms with Gasteiger partial charge in [-0.15, -0.1) is 0 Å². The van der Waals surface area contributed by atoms with Crippen molar-refractivity contribution in [3.63, 3.8) is 0 Å². The molecule has 0 bridgehead atoms. The van der Waals surface area contributed by atoms with E-state index in [4.69, 9.17) is 4.74 Å². The first kappa shape index (κ1) is 9.44. The van der Waals surface area contributed by atoms with Crippen molar-refractivity contribution in [1.82, 2.24) is 4.90 Å². The topological polar surface area (TPSA) is 32.7 Å². The maximum Gasteiger partial charge on any atom is 0.0815 e. The zero-order chi connectivity index (χ0) is 9.31. The van der Waals surface area contributed by atoms with Gasteiger partial charge in [0.15, 0.2) is 0 Å². The van der Waals surface area contributed by atoms with Gasteiger partial charge in [0.1, 0.15) is 0 Å². The SMILES string of the molecule is CN1CCC(O)(C2CCOCC2)C1. The number of hydrogen-bond acceptors (Lipinski definition) is 3. The minimum atomic E-state index is -0.418. The second kappa shape index (κ2) is 3.56. The predicted molar refractivity (Wildman–Crippen MR) is 50.6 cm³/mol. The molecule has 13 heavy (non-hydrogen) atoms. The molecule has 0 amide bonds. The van der Waals surface area contributed by atoms with Crippen LogP contribution in [-0.2, 0) is 4.74 Å². The first-order valence-electron chi connectivity index (χ1n) is 5.19. The number of aliphatic hydroxyl groups is 1. The number of rotatable bonds is 1. The third-order valence-electron chi connectivity index (χ3n) is 3.45. The molecular weight excluding hydrogens is 166 g/mol. The van der Waals surface area contributed by atoms with Crippen molar-refractivity contribution < 1.29 is 9.84 Å². The number of β-amino-alcohol motifs (C(OH)–C–C–N with tert-alkyl or cyclic N) is 1. The van der Waals surface area contributed by atoms with Gasteiger partial charge >= 0.3 is 0 Å². The number of likely N-dealkylation sites (N-methyl/N-ethyl adjacent to an activating group) is 1. The molecule has 0 aromatic rings. The number of likely N-dealkylation sites (tertiary alicyclic amines) is 1. The molecule has 1 N–H and O–H groups in total. The van der Waals surface area contributed by atoms with Gasteiger partial charge in [-0.25, -0.2) is 0 Å². The van der Waals surface area contributed by atoms with Gasteiger partial charge in [0.05, 0.1) is 5.60 Å². The first-order chi connectivity index (χ1) is 6.21. The van der Waals surface area contributed by atoms with Crippen molar-refractivity contribution in [2.24, 2.45) is 5.92 Å². The summed E-state index contributed by atoms with van der Waals surface area (Å²) in [4.78, 5) is 2.22. The molecule has 2 fully saturated rings. The summed E-state index contributed by atoms with van der Waals surface area (Å²) in [6, 6.07) is 0. The Kier molecular flexibility index (Phi) is 2.58. The Morgan fingerprint density at radius 1 is 1.38 bits per heavy atom. The van der Waals surface area contributed by atoms with E-state index in [1.165, 1.54) is 0 Å². The van der Waals surface area contributed by atoms with E-state index < -0.39 is 5.60 Å². The Morgan fingerprint density at radius 3 is 2.62 bits per heavy atom. The lowest BCUT2D eigenvalue weighted by Gasteiger charge is -2.35. The quantitative estimate of drug-likeness (QED) is 0.645. The molecular formula is C10H19NO2. The van der Waals surface area contributed by atoms with Crippen LogP contribution in [0.4, 0.5) is 0 Å². The third-order valence-corrected chi connectivity index (χ3v) is 3.45. The largest absolute Gasteiger partial charge is 0.388 e. The lowest BCUT2D eigenvalue weighted by Crippen LogP contribution is -2.42. The molecule has 2 heterocycles. The zero-order valence-corrected chi connectivity index (χ0v) is 8.33. The van der Waals surface area contributed by atoms with E-state index in [0.717, 1.165) is 45.6 Å². The van der Waals surface area contributed by atoms with Crippen LogP contribution >= 0.6 is 0 Å². The summed E-state index contributed by atoms with van der Waals surface area (Å²) in [6.45, 7) is 3.54. The van der Waals surface area contributed by atoms with Gasteiger partial charge in [0.2, 0.25) is 0 Å². The minimum absolute atomic E-state index is 0.418. The number of ether oxygens (including phenoxy) is 1. The lowest BCUT2D eigenvalue weighted by molar-refractivity contribution is -0.0569. The normalized spacial score (nSPS) is 38.3. The maximum absolute atomic E-state index is 10.4. The highest BCUT2D eigenvalue weighted by molar-refractivity contribution is 4.94. The molecule has 0 aliphatic carbocycles. The first-order valence-corrected chi connectivity index (χ1v) is 5.19. The van der Waals surface area contributed by atoms with Crippen molar-refractivity contribution in [3.05, 3.63) is 0 Å². The van der Waals surface area contributed by atoms with Crippen LogP contribution in [0.3, 0.4) is 0 Å². The average Bonchev–Trinajstić information content (AvgIpc) is 2.49. The highest BCUT2D eigenvalue weighted by atomic mass is 16.5. The van der Waals surface area contributed by atoms with Gasteiger partial charge in [0.25, 0.3) is 0 Å². The molecule has 1 atom stereocenters. The van der Waals surface area contributed by atoms with Crippen molar-refractivity contribution in [2.45, 2.75) is 24.9 Å². The molecule has 2 saturated heterocycles. The molecule has 0 spiro atoms. The van der Waals surface area contributed by atoms with Gasteiger partial charge in [0, 0.05) is 26.3 Å². The second-order valence-electron chi connectivity index (χ2n) is 4.48. The molecule has 2 aliphatic rings. The summed E-state index contributed by atoms with van der Waals surface area (Å²) < 4.78 is 5.31. The van der Waals surface area contributed by atoms with Crippen LogP contribution < -0.4 is 0 Å². The van der Waals surface area contributed by atoms with Gasteiger partial charge < -0.3 is 14.7 Å². The van der Waals surface area contributed by atoms with Crippen molar-refractivity contribution in [1.29, 1.82) is 0 Å². The fourth-order valence-corrected chi connectivity index (χ4v) is 2.58. The second-order valence-corrected chi connectivity index (χ2v) is 4.48. The van der Waals surface area contributed by atoms with E-state index in [1.54, 1.807) is 0 Å². The fraction of sp³-hybridized carbons (Fsp3) is 1.00. The smallest absolute Gasteiger partial charge is 0.0815 e. The fourth-order valence-electron chi connectivity index (χ4n) is 2.58. The molecule has 3 heteroatoms. The Morgan fingerprint density at radius 2 is 2.08 bits per heavy atom. The highest BCUT2D eigenvalue weighted by Gasteiger charge is 2.41. The van der Waals surface area contributed by atoms with E-state index in [9.17, 15) is 5.11 Å². The van der Waals surface area contributed by atoms with Crippen molar-refractivity contribution >= 4 is 0 Å². The van der Waals surface area contributed by atoms with Crippen LogP contribution in [-0.4, -0.2) is 49.0 Å². The zero-order valence-electron chi connectivity index (χ0n) is 8.33. The molecule has 0 radical (unpaired) electrons. The van der Waals surface area contributed by atoms with Gasteiger partial charge in [-0.2, -0.15) is 0 Å². The van der Waals surface area contributed by atoms with E-state index in [2.05, 4.69) is 11.9 Å². The van der Waals surface area contributed by atoms with Crippen LogP contribution in [0.1, 0.15) is 19.3 Å². The van der Waals surface area contributed by atoms with E-state index >= 15 is 0 Å². The predicted octanol–water partition coefficient (Wildman–Crippen LogP) is 0.480. The highest BCUT2D eigenvalue weighted by Crippen LogP contribution is 2.34. The summed E-state index contributed by atoms with van der Waals surface area (Å²) >= 11 is 0. The van der Waals surface area contributed by atoms with Crippen LogP contribution in [0.15, 0.2) is 0 Å². The molecule has 0 aromatic carbocycles. The molecule has 0 saturated carbocycles. The third kappa shape index (κ3) is 1.87. The summed E-state index contributed by atoms with van der Waals surface area (Å²) in [5.41, 5.74) is -0.418. The molecule has 3 nitrogen and oxygen atoms in total. The van der Waals surface area contributed by atoms with E-state index in [-0.39, 0.29) is 0 Å². The van der Waals surface area contributed by atoms with Gasteiger partial charge in [-0.3, -0.25) is 0 Å². The standard InChI is InChI=1S/C10H19NO2/c1-11-5-4-10(12,8-11)9-2-6-13-7-3-9/h9,12H,2-8H2,1H3. The minimum Gasteiger partial charge on any atom is -0.388 e. The summed E-state index contributed by atoms with van der Waals surface area (Å²) in [6.07, 6.45) is 3.00. The molecule has 0 aromatic heterocycles. The maximum atomic E-state index is 10.4. The van der Waals surface area contributed by atoms with Gasteiger partial charge in [-0.05, 0) is 32.2 Å². The van der Waals surface area contributed by atoms with Crippen molar-refractivity contribution in [2.75, 3.05) is 33.4 Å². The van der Waals surface area contributed by atoms with Crippen molar-refractivity contribution in [3.8, 4) is 0 Å². The number of nitrogens with zero attached hydrogens (tertiary/aromatic N) is 1. The average molecular weight is 185 g/mol. The summed E-state index contributed by atoms with van der Waals surface area (Å²) in [5.74, 6) is 0.464. The lowest BCUT2D eigenvalue weighted by atomic mass is 9.81. The molecule has 1 unspecified atom stereocenters.